The molecule has 0 atom stereocenters. The van der Waals surface area contributed by atoms with Crippen LogP contribution in [0, 0.1) is 0 Å². The summed E-state index contributed by atoms with van der Waals surface area (Å²) in [6, 6.07) is 53.2. The Balaban J connectivity index is 1.28. The molecule has 0 aliphatic heterocycles. The van der Waals surface area contributed by atoms with Crippen LogP contribution in [0.15, 0.2) is 160 Å². The molecule has 9 aromatic rings. The van der Waals surface area contributed by atoms with Crippen molar-refractivity contribution < 1.29 is 8.83 Å². The number of hydrogen-bond acceptors (Lipinski definition) is 3. The number of nitrogens with zero attached hydrogens (tertiary/aromatic N) is 1. The van der Waals surface area contributed by atoms with Gasteiger partial charge in [-0.25, -0.2) is 0 Å². The first kappa shape index (κ1) is 23.9. The van der Waals surface area contributed by atoms with Gasteiger partial charge in [-0.2, -0.15) is 0 Å². The molecule has 0 spiro atoms. The van der Waals surface area contributed by atoms with Gasteiger partial charge in [-0.15, -0.1) is 0 Å². The molecular weight excluding hydrogens is 526 g/mol. The molecule has 0 amide bonds. The number of anilines is 3. The van der Waals surface area contributed by atoms with Gasteiger partial charge in [-0.3, -0.25) is 0 Å². The Labute approximate surface area is 247 Å². The molecule has 0 radical (unpaired) electrons. The van der Waals surface area contributed by atoms with Gasteiger partial charge < -0.3 is 13.7 Å². The quantitative estimate of drug-likeness (QED) is 0.218. The first-order valence-electron chi connectivity index (χ1n) is 14.5. The molecule has 0 saturated carbocycles. The minimum absolute atomic E-state index is 0.884. The van der Waals surface area contributed by atoms with Gasteiger partial charge in [-0.1, -0.05) is 91.0 Å². The molecule has 7 aromatic carbocycles. The molecule has 3 heteroatoms. The highest BCUT2D eigenvalue weighted by molar-refractivity contribution is 6.19. The van der Waals surface area contributed by atoms with Crippen LogP contribution in [0.4, 0.5) is 17.1 Å². The highest BCUT2D eigenvalue weighted by Gasteiger charge is 2.18. The van der Waals surface area contributed by atoms with Gasteiger partial charge in [0.25, 0.3) is 0 Å². The van der Waals surface area contributed by atoms with Crippen molar-refractivity contribution in [3.63, 3.8) is 0 Å². The van der Waals surface area contributed by atoms with E-state index in [1.807, 2.05) is 24.3 Å². The molecule has 0 N–H and O–H groups in total. The van der Waals surface area contributed by atoms with Crippen molar-refractivity contribution in [3.8, 4) is 11.1 Å². The maximum Gasteiger partial charge on any atom is 0.136 e. The molecule has 0 fully saturated rings. The second-order valence-corrected chi connectivity index (χ2v) is 11.0. The Kier molecular flexibility index (Phi) is 5.20. The van der Waals surface area contributed by atoms with E-state index in [-0.39, 0.29) is 0 Å². The van der Waals surface area contributed by atoms with Crippen LogP contribution >= 0.6 is 0 Å². The lowest BCUT2D eigenvalue weighted by molar-refractivity contribution is 0.668. The van der Waals surface area contributed by atoms with E-state index in [0.717, 1.165) is 60.9 Å². The number of benzene rings is 7. The monoisotopic (exact) mass is 551 g/mol. The topological polar surface area (TPSA) is 29.5 Å². The fourth-order valence-electron chi connectivity index (χ4n) is 6.40. The number of rotatable bonds is 4. The summed E-state index contributed by atoms with van der Waals surface area (Å²) in [6.45, 7) is 0. The van der Waals surface area contributed by atoms with Crippen molar-refractivity contribution in [2.75, 3.05) is 4.90 Å². The normalized spacial score (nSPS) is 11.7. The molecule has 3 nitrogen and oxygen atoms in total. The lowest BCUT2D eigenvalue weighted by Gasteiger charge is -2.26. The van der Waals surface area contributed by atoms with Gasteiger partial charge in [-0.05, 0) is 82.6 Å². The Morgan fingerprint density at radius 1 is 0.349 bits per heavy atom. The zero-order valence-corrected chi connectivity index (χ0v) is 23.2. The smallest absolute Gasteiger partial charge is 0.136 e. The zero-order chi connectivity index (χ0) is 28.3. The van der Waals surface area contributed by atoms with Crippen LogP contribution < -0.4 is 4.90 Å². The highest BCUT2D eigenvalue weighted by Crippen LogP contribution is 2.42. The van der Waals surface area contributed by atoms with E-state index in [0.29, 0.717) is 0 Å². The van der Waals surface area contributed by atoms with E-state index in [2.05, 4.69) is 132 Å². The largest absolute Gasteiger partial charge is 0.456 e. The van der Waals surface area contributed by atoms with Gasteiger partial charge in [0, 0.05) is 38.6 Å². The molecular formula is C40H25NO2. The Hall–Kier alpha value is -5.80. The fourth-order valence-corrected chi connectivity index (χ4v) is 6.40. The zero-order valence-electron chi connectivity index (χ0n) is 23.2. The van der Waals surface area contributed by atoms with Gasteiger partial charge in [0.15, 0.2) is 0 Å². The maximum atomic E-state index is 6.24. The van der Waals surface area contributed by atoms with E-state index >= 15 is 0 Å². The molecule has 0 unspecified atom stereocenters. The van der Waals surface area contributed by atoms with Crippen molar-refractivity contribution >= 4 is 71.7 Å². The second kappa shape index (κ2) is 9.37. The molecule has 0 saturated heterocycles. The molecule has 43 heavy (non-hydrogen) atoms. The summed E-state index contributed by atoms with van der Waals surface area (Å²) in [5, 5.41) is 6.84. The molecule has 2 heterocycles. The van der Waals surface area contributed by atoms with Gasteiger partial charge in [0.05, 0.1) is 0 Å². The lowest BCUT2D eigenvalue weighted by Crippen LogP contribution is -2.09. The summed E-state index contributed by atoms with van der Waals surface area (Å²) < 4.78 is 12.4. The minimum atomic E-state index is 0.884. The summed E-state index contributed by atoms with van der Waals surface area (Å²) in [6.07, 6.45) is 0. The van der Waals surface area contributed by atoms with Gasteiger partial charge in [0.1, 0.15) is 22.3 Å². The van der Waals surface area contributed by atoms with Crippen LogP contribution in [0.3, 0.4) is 0 Å². The van der Waals surface area contributed by atoms with Crippen molar-refractivity contribution in [3.05, 3.63) is 152 Å². The number of para-hydroxylation sites is 2. The highest BCUT2D eigenvalue weighted by atomic mass is 16.3. The Bertz CT molecular complexity index is 2450. The first-order valence-corrected chi connectivity index (χ1v) is 14.5. The molecule has 0 aliphatic rings. The van der Waals surface area contributed by atoms with Crippen LogP contribution in [-0.4, -0.2) is 0 Å². The Morgan fingerprint density at radius 3 is 1.70 bits per heavy atom. The third-order valence-corrected chi connectivity index (χ3v) is 8.45. The van der Waals surface area contributed by atoms with Crippen LogP contribution in [0.25, 0.3) is 65.8 Å². The summed E-state index contributed by atoms with van der Waals surface area (Å²) in [4.78, 5) is 2.33. The maximum absolute atomic E-state index is 6.24. The predicted molar refractivity (Wildman–Crippen MR) is 179 cm³/mol. The van der Waals surface area contributed by atoms with Crippen molar-refractivity contribution in [2.24, 2.45) is 0 Å². The molecule has 2 aromatic heterocycles. The van der Waals surface area contributed by atoms with Gasteiger partial charge >= 0.3 is 0 Å². The predicted octanol–water partition coefficient (Wildman–Crippen LogP) is 11.8. The van der Waals surface area contributed by atoms with Crippen LogP contribution in [-0.2, 0) is 0 Å². The fraction of sp³-hybridized carbons (Fsp3) is 0. The van der Waals surface area contributed by atoms with E-state index in [1.165, 1.54) is 21.9 Å². The molecule has 0 aliphatic carbocycles. The average Bonchev–Trinajstić information content (AvgIpc) is 3.64. The summed E-state index contributed by atoms with van der Waals surface area (Å²) in [5.41, 5.74) is 9.19. The van der Waals surface area contributed by atoms with E-state index in [9.17, 15) is 0 Å². The Morgan fingerprint density at radius 2 is 0.884 bits per heavy atom. The molecule has 0 bridgehead atoms. The van der Waals surface area contributed by atoms with E-state index in [1.54, 1.807) is 0 Å². The van der Waals surface area contributed by atoms with Crippen molar-refractivity contribution in [2.45, 2.75) is 0 Å². The SMILES string of the molecule is c1ccc(-c2ccc(N(c3ccc4oc5ccccc5c4c3)c3ccc4ccc5oc6ccccc6c5c4c3)cc2)cc1. The van der Waals surface area contributed by atoms with E-state index < -0.39 is 0 Å². The second-order valence-electron chi connectivity index (χ2n) is 11.0. The van der Waals surface area contributed by atoms with Gasteiger partial charge in [0.2, 0.25) is 0 Å². The lowest BCUT2D eigenvalue weighted by atomic mass is 10.0. The first-order chi connectivity index (χ1) is 21.3. The van der Waals surface area contributed by atoms with Crippen LogP contribution in [0.2, 0.25) is 0 Å². The van der Waals surface area contributed by atoms with Crippen LogP contribution in [0.1, 0.15) is 0 Å². The summed E-state index contributed by atoms with van der Waals surface area (Å²) >= 11 is 0. The third-order valence-electron chi connectivity index (χ3n) is 8.45. The average molecular weight is 552 g/mol. The number of hydrogen-bond donors (Lipinski definition) is 0. The summed E-state index contributed by atoms with van der Waals surface area (Å²) in [5.74, 6) is 0. The standard InChI is InChI=1S/C40H25NO2/c1-2-8-26(9-3-1)27-14-18-29(19-15-27)41(31-21-23-38-35(25-31)32-10-4-6-12-36(32)42-38)30-20-16-28-17-22-39-40(34(28)24-30)33-11-5-7-13-37(33)43-39/h1-25H. The minimum Gasteiger partial charge on any atom is -0.456 e. The number of fused-ring (bicyclic) bond motifs is 8. The van der Waals surface area contributed by atoms with Crippen molar-refractivity contribution in [1.29, 1.82) is 0 Å². The summed E-state index contributed by atoms with van der Waals surface area (Å²) in [7, 11) is 0. The van der Waals surface area contributed by atoms with Crippen LogP contribution in [0.5, 0.6) is 0 Å². The van der Waals surface area contributed by atoms with Crippen molar-refractivity contribution in [1.82, 2.24) is 0 Å². The van der Waals surface area contributed by atoms with E-state index in [4.69, 9.17) is 8.83 Å². The number of furan rings is 2. The molecule has 9 rings (SSSR count). The third kappa shape index (κ3) is 3.83. The molecule has 202 valence electrons.